The van der Waals surface area contributed by atoms with Crippen molar-refractivity contribution in [1.29, 1.82) is 0 Å². The molecule has 126 valence electrons. The van der Waals surface area contributed by atoms with Gasteiger partial charge in [0.2, 0.25) is 15.9 Å². The molecule has 2 N–H and O–H groups in total. The molecule has 0 radical (unpaired) electrons. The van der Waals surface area contributed by atoms with E-state index in [0.29, 0.717) is 6.54 Å². The Hall–Kier alpha value is -1.23. The maximum absolute atomic E-state index is 12.3. The van der Waals surface area contributed by atoms with Crippen LogP contribution in [0, 0.1) is 13.8 Å². The van der Waals surface area contributed by atoms with Crippen LogP contribution in [0.25, 0.3) is 0 Å². The second-order valence-electron chi connectivity index (χ2n) is 4.92. The summed E-state index contributed by atoms with van der Waals surface area (Å²) in [5.41, 5.74) is 0.256. The van der Waals surface area contributed by atoms with Gasteiger partial charge in [-0.05, 0) is 48.8 Å². The number of rotatable bonds is 6. The van der Waals surface area contributed by atoms with E-state index in [0.717, 1.165) is 8.66 Å². The Bertz CT molecular complexity index is 794. The summed E-state index contributed by atoms with van der Waals surface area (Å²) in [5, 5.41) is 6.31. The summed E-state index contributed by atoms with van der Waals surface area (Å²) in [6, 6.07) is 2.85. The number of aromatic nitrogens is 1. The van der Waals surface area contributed by atoms with Gasteiger partial charge in [-0.25, -0.2) is 8.42 Å². The number of hydrogen-bond donors (Lipinski definition) is 2. The molecule has 2 aromatic heterocycles. The largest absolute Gasteiger partial charge is 0.360 e. The number of nitrogens with one attached hydrogen (secondary N) is 2. The van der Waals surface area contributed by atoms with Gasteiger partial charge in [-0.1, -0.05) is 5.16 Å². The maximum atomic E-state index is 12.3. The molecule has 2 aromatic rings. The molecule has 7 nitrogen and oxygen atoms in total. The Morgan fingerprint density at radius 1 is 1.43 bits per heavy atom. The second-order valence-corrected chi connectivity index (χ2v) is 9.12. The molecule has 10 heteroatoms. The molecule has 0 bridgehead atoms. The van der Waals surface area contributed by atoms with Crippen LogP contribution in [0.5, 0.6) is 0 Å². The molecule has 23 heavy (non-hydrogen) atoms. The fourth-order valence-corrected chi connectivity index (χ4v) is 4.93. The van der Waals surface area contributed by atoms with E-state index < -0.39 is 22.0 Å². The van der Waals surface area contributed by atoms with Crippen molar-refractivity contribution in [2.75, 3.05) is 0 Å². The molecule has 0 spiro atoms. The predicted molar refractivity (Wildman–Crippen MR) is 89.6 cm³/mol. The number of carbonyl (C=O) groups is 1. The highest BCUT2D eigenvalue weighted by Gasteiger charge is 2.28. The van der Waals surface area contributed by atoms with Gasteiger partial charge in [0.25, 0.3) is 0 Å². The summed E-state index contributed by atoms with van der Waals surface area (Å²) in [5.74, 6) is -0.226. The van der Waals surface area contributed by atoms with Gasteiger partial charge in [0.1, 0.15) is 10.6 Å². The first kappa shape index (κ1) is 18.1. The Balaban J connectivity index is 2.00. The number of hydrogen-bond acceptors (Lipinski definition) is 6. The lowest BCUT2D eigenvalue weighted by Crippen LogP contribution is -2.44. The second kappa shape index (κ2) is 7.12. The number of aryl methyl sites for hydroxylation is 2. The first-order valence-corrected chi connectivity index (χ1v) is 9.77. The van der Waals surface area contributed by atoms with Crippen molar-refractivity contribution in [3.63, 3.8) is 0 Å². The Kier molecular flexibility index (Phi) is 5.61. The van der Waals surface area contributed by atoms with Crippen LogP contribution in [0.3, 0.4) is 0 Å². The van der Waals surface area contributed by atoms with Crippen LogP contribution < -0.4 is 10.0 Å². The van der Waals surface area contributed by atoms with E-state index in [9.17, 15) is 13.2 Å². The fourth-order valence-electron chi connectivity index (χ4n) is 1.98. The van der Waals surface area contributed by atoms with E-state index >= 15 is 0 Å². The molecule has 0 aliphatic carbocycles. The van der Waals surface area contributed by atoms with Crippen molar-refractivity contribution in [3.05, 3.63) is 32.3 Å². The fraction of sp³-hybridized carbons (Fsp3) is 0.385. The first-order valence-electron chi connectivity index (χ1n) is 6.68. The molecule has 0 aliphatic rings. The lowest BCUT2D eigenvalue weighted by atomic mass is 10.3. The third-order valence-electron chi connectivity index (χ3n) is 3.03. The molecular formula is C13H16BrN3O4S2. The molecule has 0 aliphatic heterocycles. The highest BCUT2D eigenvalue weighted by molar-refractivity contribution is 9.11. The monoisotopic (exact) mass is 421 g/mol. The van der Waals surface area contributed by atoms with Gasteiger partial charge in [0.15, 0.2) is 5.76 Å². The average Bonchev–Trinajstić information content (AvgIpc) is 3.01. The first-order chi connectivity index (χ1) is 10.7. The normalized spacial score (nSPS) is 13.0. The molecule has 0 saturated heterocycles. The molecule has 0 aromatic carbocycles. The van der Waals surface area contributed by atoms with Crippen molar-refractivity contribution in [3.8, 4) is 0 Å². The molecular weight excluding hydrogens is 406 g/mol. The van der Waals surface area contributed by atoms with E-state index in [1.165, 1.54) is 32.1 Å². The van der Waals surface area contributed by atoms with Gasteiger partial charge >= 0.3 is 0 Å². The van der Waals surface area contributed by atoms with Crippen molar-refractivity contribution >= 4 is 43.2 Å². The van der Waals surface area contributed by atoms with Crippen LogP contribution in [0.15, 0.2) is 25.3 Å². The topological polar surface area (TPSA) is 101 Å². The van der Waals surface area contributed by atoms with Gasteiger partial charge < -0.3 is 9.84 Å². The van der Waals surface area contributed by atoms with E-state index in [1.807, 2.05) is 12.1 Å². The number of halogens is 1. The van der Waals surface area contributed by atoms with Gasteiger partial charge in [-0.2, -0.15) is 4.72 Å². The maximum Gasteiger partial charge on any atom is 0.246 e. The smallest absolute Gasteiger partial charge is 0.246 e. The summed E-state index contributed by atoms with van der Waals surface area (Å²) in [6.07, 6.45) is 0. The average molecular weight is 422 g/mol. The van der Waals surface area contributed by atoms with Crippen molar-refractivity contribution < 1.29 is 17.7 Å². The number of sulfonamides is 1. The van der Waals surface area contributed by atoms with Gasteiger partial charge in [0, 0.05) is 4.88 Å². The number of thiophene rings is 1. The van der Waals surface area contributed by atoms with Gasteiger partial charge in [-0.3, -0.25) is 4.79 Å². The molecule has 1 atom stereocenters. The minimum atomic E-state index is -3.87. The van der Waals surface area contributed by atoms with Gasteiger partial charge in [-0.15, -0.1) is 11.3 Å². The number of nitrogens with zero attached hydrogens (tertiary/aromatic N) is 1. The van der Waals surface area contributed by atoms with E-state index in [2.05, 4.69) is 31.1 Å². The Morgan fingerprint density at radius 2 is 2.13 bits per heavy atom. The van der Waals surface area contributed by atoms with E-state index in [4.69, 9.17) is 4.52 Å². The van der Waals surface area contributed by atoms with E-state index in [-0.39, 0.29) is 16.3 Å². The Labute approximate surface area is 146 Å². The summed E-state index contributed by atoms with van der Waals surface area (Å²) in [7, 11) is -3.87. The highest BCUT2D eigenvalue weighted by Crippen LogP contribution is 2.22. The molecule has 2 rings (SSSR count). The third-order valence-corrected chi connectivity index (χ3v) is 6.44. The van der Waals surface area contributed by atoms with Crippen molar-refractivity contribution in [2.24, 2.45) is 0 Å². The van der Waals surface area contributed by atoms with Crippen molar-refractivity contribution in [1.82, 2.24) is 15.2 Å². The number of carbonyl (C=O) groups excluding carboxylic acids is 1. The minimum Gasteiger partial charge on any atom is -0.360 e. The van der Waals surface area contributed by atoms with E-state index in [1.54, 1.807) is 0 Å². The summed E-state index contributed by atoms with van der Waals surface area (Å²) in [6.45, 7) is 4.86. The van der Waals surface area contributed by atoms with Crippen LogP contribution in [0.2, 0.25) is 0 Å². The zero-order valence-corrected chi connectivity index (χ0v) is 15.9. The molecule has 1 amide bonds. The standard InChI is InChI=1S/C13H16BrN3O4S2/c1-7-12(9(3)21-16-7)23(19,20)17-8(2)13(18)15-6-10-4-5-11(14)22-10/h4-5,8,17H,6H2,1-3H3,(H,15,18)/t8-/m0/s1. The lowest BCUT2D eigenvalue weighted by Gasteiger charge is -2.14. The van der Waals surface area contributed by atoms with Crippen LogP contribution in [0.1, 0.15) is 23.3 Å². The predicted octanol–water partition coefficient (Wildman–Crippen LogP) is 2.10. The molecule has 0 unspecified atom stereocenters. The summed E-state index contributed by atoms with van der Waals surface area (Å²) in [4.78, 5) is 13.0. The van der Waals surface area contributed by atoms with Crippen molar-refractivity contribution in [2.45, 2.75) is 38.3 Å². The minimum absolute atomic E-state index is 0.0284. The molecule has 2 heterocycles. The quantitative estimate of drug-likeness (QED) is 0.743. The molecule has 0 fully saturated rings. The summed E-state index contributed by atoms with van der Waals surface area (Å²) >= 11 is 4.84. The Morgan fingerprint density at radius 3 is 2.65 bits per heavy atom. The lowest BCUT2D eigenvalue weighted by molar-refractivity contribution is -0.122. The zero-order chi connectivity index (χ0) is 17.2. The van der Waals surface area contributed by atoms with Gasteiger partial charge in [0.05, 0.1) is 16.4 Å². The highest BCUT2D eigenvalue weighted by atomic mass is 79.9. The summed E-state index contributed by atoms with van der Waals surface area (Å²) < 4.78 is 32.8. The van der Waals surface area contributed by atoms with Crippen LogP contribution >= 0.6 is 27.3 Å². The third kappa shape index (κ3) is 4.40. The zero-order valence-electron chi connectivity index (χ0n) is 12.7. The molecule has 0 saturated carbocycles. The SMILES string of the molecule is Cc1noc(C)c1S(=O)(=O)N[C@@H](C)C(=O)NCc1ccc(Br)s1. The van der Waals surface area contributed by atoms with Crippen LogP contribution in [0.4, 0.5) is 0 Å². The van der Waals surface area contributed by atoms with Crippen LogP contribution in [-0.2, 0) is 21.4 Å². The van der Waals surface area contributed by atoms with Crippen LogP contribution in [-0.4, -0.2) is 25.5 Å². The number of amides is 1.